The highest BCUT2D eigenvalue weighted by Gasteiger charge is 2.46. The first kappa shape index (κ1) is 10.6. The Hall–Kier alpha value is -1.88. The standard InChI is InChI=1S/C11H13N3O2/c12-7-6-11(8-4-2-1-3-5-8)9(15)13-10(16)14-11/h1-5H,6-7,12H2,(H2,13,14,15,16)/t11-/m0/s1. The van der Waals surface area contributed by atoms with Crippen molar-refractivity contribution >= 4 is 11.9 Å². The molecule has 1 aliphatic rings. The maximum Gasteiger partial charge on any atom is 0.322 e. The molecule has 1 aliphatic heterocycles. The van der Waals surface area contributed by atoms with Gasteiger partial charge in [-0.3, -0.25) is 10.1 Å². The highest BCUT2D eigenvalue weighted by atomic mass is 16.2. The van der Waals surface area contributed by atoms with Crippen LogP contribution in [0.1, 0.15) is 12.0 Å². The first-order valence-electron chi connectivity index (χ1n) is 5.08. The van der Waals surface area contributed by atoms with E-state index in [1.807, 2.05) is 18.2 Å². The Labute approximate surface area is 93.0 Å². The monoisotopic (exact) mass is 219 g/mol. The number of amides is 3. The summed E-state index contributed by atoms with van der Waals surface area (Å²) in [5.74, 6) is -0.339. The molecule has 0 aliphatic carbocycles. The minimum atomic E-state index is -1.01. The third kappa shape index (κ3) is 1.55. The van der Waals surface area contributed by atoms with Crippen molar-refractivity contribution in [1.82, 2.24) is 10.6 Å². The molecule has 0 saturated carbocycles. The van der Waals surface area contributed by atoms with Gasteiger partial charge in [-0.15, -0.1) is 0 Å². The van der Waals surface area contributed by atoms with Crippen molar-refractivity contribution in [3.05, 3.63) is 35.9 Å². The van der Waals surface area contributed by atoms with E-state index in [9.17, 15) is 9.59 Å². The Balaban J connectivity index is 2.44. The highest BCUT2D eigenvalue weighted by Crippen LogP contribution is 2.27. The van der Waals surface area contributed by atoms with Crippen molar-refractivity contribution in [2.45, 2.75) is 12.0 Å². The van der Waals surface area contributed by atoms with Crippen molar-refractivity contribution in [1.29, 1.82) is 0 Å². The number of imide groups is 1. The SMILES string of the molecule is NCC[C@@]1(c2ccccc2)NC(=O)NC1=O. The van der Waals surface area contributed by atoms with Crippen LogP contribution in [-0.4, -0.2) is 18.5 Å². The van der Waals surface area contributed by atoms with E-state index in [1.54, 1.807) is 12.1 Å². The largest absolute Gasteiger partial charge is 0.330 e. The molecule has 0 unspecified atom stereocenters. The number of carbonyl (C=O) groups excluding carboxylic acids is 2. The third-order valence-corrected chi connectivity index (χ3v) is 2.73. The van der Waals surface area contributed by atoms with Crippen LogP contribution in [0.2, 0.25) is 0 Å². The summed E-state index contributed by atoms with van der Waals surface area (Å²) in [4.78, 5) is 23.1. The lowest BCUT2D eigenvalue weighted by Gasteiger charge is -2.25. The first-order valence-corrected chi connectivity index (χ1v) is 5.08. The predicted octanol–water partition coefficient (Wildman–Crippen LogP) is 0.0701. The van der Waals surface area contributed by atoms with Crippen molar-refractivity contribution in [2.75, 3.05) is 6.54 Å². The first-order chi connectivity index (χ1) is 7.69. The number of carbonyl (C=O) groups is 2. The summed E-state index contributed by atoms with van der Waals surface area (Å²) in [6, 6.07) is 8.65. The number of rotatable bonds is 3. The molecule has 2 rings (SSSR count). The van der Waals surface area contributed by atoms with E-state index in [2.05, 4.69) is 10.6 Å². The summed E-state index contributed by atoms with van der Waals surface area (Å²) in [6.45, 7) is 0.322. The van der Waals surface area contributed by atoms with Gasteiger partial charge in [0.1, 0.15) is 5.54 Å². The van der Waals surface area contributed by atoms with Crippen LogP contribution < -0.4 is 16.4 Å². The minimum absolute atomic E-state index is 0.322. The molecule has 84 valence electrons. The van der Waals surface area contributed by atoms with E-state index >= 15 is 0 Å². The van der Waals surface area contributed by atoms with E-state index in [-0.39, 0.29) is 5.91 Å². The van der Waals surface area contributed by atoms with Crippen molar-refractivity contribution < 1.29 is 9.59 Å². The van der Waals surface area contributed by atoms with Crippen molar-refractivity contribution in [3.63, 3.8) is 0 Å². The summed E-state index contributed by atoms with van der Waals surface area (Å²) in [6.07, 6.45) is 0.384. The second-order valence-corrected chi connectivity index (χ2v) is 3.72. The quantitative estimate of drug-likeness (QED) is 0.629. The van der Waals surface area contributed by atoms with Crippen LogP contribution in [-0.2, 0) is 10.3 Å². The minimum Gasteiger partial charge on any atom is -0.330 e. The van der Waals surface area contributed by atoms with Gasteiger partial charge in [0.2, 0.25) is 0 Å². The summed E-state index contributed by atoms with van der Waals surface area (Å²) in [7, 11) is 0. The molecule has 1 heterocycles. The van der Waals surface area contributed by atoms with Crippen LogP contribution in [0.4, 0.5) is 4.79 Å². The van der Waals surface area contributed by atoms with Gasteiger partial charge in [0.25, 0.3) is 5.91 Å². The van der Waals surface area contributed by atoms with Gasteiger partial charge in [0.05, 0.1) is 0 Å². The molecule has 5 heteroatoms. The second-order valence-electron chi connectivity index (χ2n) is 3.72. The Morgan fingerprint density at radius 3 is 2.38 bits per heavy atom. The third-order valence-electron chi connectivity index (χ3n) is 2.73. The zero-order valence-corrected chi connectivity index (χ0v) is 8.69. The molecule has 0 radical (unpaired) electrons. The van der Waals surface area contributed by atoms with E-state index in [4.69, 9.17) is 5.73 Å². The van der Waals surface area contributed by atoms with Crippen LogP contribution in [0.5, 0.6) is 0 Å². The second kappa shape index (κ2) is 3.94. The number of hydrogen-bond acceptors (Lipinski definition) is 3. The molecule has 4 N–H and O–H groups in total. The van der Waals surface area contributed by atoms with Crippen LogP contribution in [0.25, 0.3) is 0 Å². The molecular formula is C11H13N3O2. The van der Waals surface area contributed by atoms with Gasteiger partial charge in [-0.1, -0.05) is 30.3 Å². The van der Waals surface area contributed by atoms with Crippen molar-refractivity contribution in [3.8, 4) is 0 Å². The molecule has 1 aromatic carbocycles. The van der Waals surface area contributed by atoms with Gasteiger partial charge in [-0.2, -0.15) is 0 Å². The summed E-state index contributed by atoms with van der Waals surface area (Å²) >= 11 is 0. The lowest BCUT2D eigenvalue weighted by Crippen LogP contribution is -2.45. The summed E-state index contributed by atoms with van der Waals surface area (Å²) in [5, 5.41) is 4.90. The van der Waals surface area contributed by atoms with Crippen LogP contribution in [0.15, 0.2) is 30.3 Å². The fraction of sp³-hybridized carbons (Fsp3) is 0.273. The van der Waals surface area contributed by atoms with Crippen LogP contribution >= 0.6 is 0 Å². The van der Waals surface area contributed by atoms with Gasteiger partial charge in [0, 0.05) is 0 Å². The maximum atomic E-state index is 11.8. The molecular weight excluding hydrogens is 206 g/mol. The number of hydrogen-bond donors (Lipinski definition) is 3. The van der Waals surface area contributed by atoms with E-state index in [0.717, 1.165) is 5.56 Å². The summed E-state index contributed by atoms with van der Waals surface area (Å²) in [5.41, 5.74) is 5.25. The molecule has 1 fully saturated rings. The zero-order chi connectivity index (χ0) is 11.6. The molecule has 0 aromatic heterocycles. The normalized spacial score (nSPS) is 24.1. The topological polar surface area (TPSA) is 84.2 Å². The van der Waals surface area contributed by atoms with Crippen LogP contribution in [0, 0.1) is 0 Å². The average Bonchev–Trinajstić information content (AvgIpc) is 2.57. The number of nitrogens with two attached hydrogens (primary N) is 1. The molecule has 5 nitrogen and oxygen atoms in total. The molecule has 0 spiro atoms. The predicted molar refractivity (Wildman–Crippen MR) is 58.5 cm³/mol. The maximum absolute atomic E-state index is 11.8. The Kier molecular flexibility index (Phi) is 2.62. The molecule has 1 saturated heterocycles. The van der Waals surface area contributed by atoms with Gasteiger partial charge in [-0.25, -0.2) is 4.79 Å². The number of urea groups is 1. The van der Waals surface area contributed by atoms with E-state index in [0.29, 0.717) is 13.0 Å². The smallest absolute Gasteiger partial charge is 0.322 e. The highest BCUT2D eigenvalue weighted by molar-refractivity contribution is 6.07. The molecule has 3 amide bonds. The van der Waals surface area contributed by atoms with Crippen LogP contribution in [0.3, 0.4) is 0 Å². The fourth-order valence-electron chi connectivity index (χ4n) is 1.95. The van der Waals surface area contributed by atoms with Gasteiger partial charge < -0.3 is 11.1 Å². The molecule has 1 atom stereocenters. The van der Waals surface area contributed by atoms with Crippen molar-refractivity contribution in [2.24, 2.45) is 5.73 Å². The average molecular weight is 219 g/mol. The van der Waals surface area contributed by atoms with E-state index < -0.39 is 11.6 Å². The molecule has 0 bridgehead atoms. The Morgan fingerprint density at radius 1 is 1.19 bits per heavy atom. The Bertz CT molecular complexity index is 418. The lowest BCUT2D eigenvalue weighted by molar-refractivity contribution is -0.124. The van der Waals surface area contributed by atoms with Gasteiger partial charge >= 0.3 is 6.03 Å². The Morgan fingerprint density at radius 2 is 1.88 bits per heavy atom. The molecule has 16 heavy (non-hydrogen) atoms. The van der Waals surface area contributed by atoms with E-state index in [1.165, 1.54) is 0 Å². The zero-order valence-electron chi connectivity index (χ0n) is 8.69. The lowest BCUT2D eigenvalue weighted by atomic mass is 9.87. The molecule has 1 aromatic rings. The number of nitrogens with one attached hydrogen (secondary N) is 2. The fourth-order valence-corrected chi connectivity index (χ4v) is 1.95. The number of benzene rings is 1. The van der Waals surface area contributed by atoms with Gasteiger partial charge in [-0.05, 0) is 18.5 Å². The van der Waals surface area contributed by atoms with Gasteiger partial charge in [0.15, 0.2) is 0 Å². The summed E-state index contributed by atoms with van der Waals surface area (Å²) < 4.78 is 0.